The van der Waals surface area contributed by atoms with Crippen molar-refractivity contribution in [2.24, 2.45) is 0 Å². The Morgan fingerprint density at radius 1 is 1.24 bits per heavy atom. The first-order valence-corrected chi connectivity index (χ1v) is 6.16. The molecule has 0 amide bonds. The van der Waals surface area contributed by atoms with Gasteiger partial charge in [-0.15, -0.1) is 0 Å². The van der Waals surface area contributed by atoms with Crippen LogP contribution in [-0.4, -0.2) is 31.9 Å². The van der Waals surface area contributed by atoms with Crippen molar-refractivity contribution < 1.29 is 9.84 Å². The lowest BCUT2D eigenvalue weighted by molar-refractivity contribution is 0.181. The van der Waals surface area contributed by atoms with Crippen molar-refractivity contribution in [2.45, 2.75) is 32.3 Å². The zero-order valence-electron chi connectivity index (χ0n) is 11.0. The fourth-order valence-electron chi connectivity index (χ4n) is 1.75. The number of methoxy groups -OCH3 is 1. The molecular weight excluding hydrogens is 214 g/mol. The molecule has 1 rings (SSSR count). The van der Waals surface area contributed by atoms with E-state index in [1.807, 2.05) is 19.1 Å². The molecule has 0 aliphatic rings. The van der Waals surface area contributed by atoms with Crippen molar-refractivity contribution in [1.29, 1.82) is 0 Å². The maximum absolute atomic E-state index is 9.16. The van der Waals surface area contributed by atoms with Crippen LogP contribution in [0.2, 0.25) is 0 Å². The van der Waals surface area contributed by atoms with Crippen molar-refractivity contribution in [2.75, 3.05) is 25.6 Å². The molecule has 0 spiro atoms. The summed E-state index contributed by atoms with van der Waals surface area (Å²) < 4.78 is 5.13. The first-order chi connectivity index (χ1) is 8.13. The molecule has 0 radical (unpaired) electrons. The van der Waals surface area contributed by atoms with Crippen molar-refractivity contribution >= 4 is 5.69 Å². The molecule has 0 aliphatic heterocycles. The minimum atomic E-state index is -0.179. The van der Waals surface area contributed by atoms with Gasteiger partial charge in [-0.05, 0) is 50.5 Å². The number of aliphatic hydroxyl groups excluding tert-OH is 1. The minimum absolute atomic E-state index is 0.179. The van der Waals surface area contributed by atoms with Crippen LogP contribution in [0.1, 0.15) is 26.2 Å². The Hall–Kier alpha value is -1.22. The standard InChI is InChI=1S/C14H23NO2/c1-12(16)6-4-5-11-15(2)13-7-9-14(17-3)10-8-13/h7-10,12,16H,4-6,11H2,1-3H3. The maximum Gasteiger partial charge on any atom is 0.119 e. The van der Waals surface area contributed by atoms with Gasteiger partial charge in [0, 0.05) is 19.3 Å². The summed E-state index contributed by atoms with van der Waals surface area (Å²) in [5.41, 5.74) is 1.20. The van der Waals surface area contributed by atoms with Gasteiger partial charge in [-0.25, -0.2) is 0 Å². The molecule has 1 aromatic carbocycles. The van der Waals surface area contributed by atoms with Gasteiger partial charge >= 0.3 is 0 Å². The Labute approximate surface area is 104 Å². The second-order valence-corrected chi connectivity index (χ2v) is 4.46. The summed E-state index contributed by atoms with van der Waals surface area (Å²) in [5, 5.41) is 9.16. The van der Waals surface area contributed by atoms with Crippen LogP contribution >= 0.6 is 0 Å². The van der Waals surface area contributed by atoms with Gasteiger partial charge in [-0.3, -0.25) is 0 Å². The summed E-state index contributed by atoms with van der Waals surface area (Å²) in [6.07, 6.45) is 2.88. The van der Waals surface area contributed by atoms with Gasteiger partial charge in [-0.2, -0.15) is 0 Å². The van der Waals surface area contributed by atoms with E-state index in [0.29, 0.717) is 0 Å². The topological polar surface area (TPSA) is 32.7 Å². The van der Waals surface area contributed by atoms with Gasteiger partial charge in [0.05, 0.1) is 13.2 Å². The van der Waals surface area contributed by atoms with Crippen LogP contribution < -0.4 is 9.64 Å². The number of rotatable bonds is 7. The lowest BCUT2D eigenvalue weighted by Crippen LogP contribution is -2.18. The van der Waals surface area contributed by atoms with Gasteiger partial charge in [0.2, 0.25) is 0 Å². The molecule has 17 heavy (non-hydrogen) atoms. The normalized spacial score (nSPS) is 12.2. The van der Waals surface area contributed by atoms with E-state index in [-0.39, 0.29) is 6.10 Å². The first-order valence-electron chi connectivity index (χ1n) is 6.16. The predicted octanol–water partition coefficient (Wildman–Crippen LogP) is 2.68. The van der Waals surface area contributed by atoms with Crippen LogP contribution in [0.3, 0.4) is 0 Å². The summed E-state index contributed by atoms with van der Waals surface area (Å²) in [6.45, 7) is 2.85. The van der Waals surface area contributed by atoms with Gasteiger partial charge in [0.25, 0.3) is 0 Å². The summed E-state index contributed by atoms with van der Waals surface area (Å²) in [4.78, 5) is 2.22. The minimum Gasteiger partial charge on any atom is -0.497 e. The van der Waals surface area contributed by atoms with Gasteiger partial charge in [0.15, 0.2) is 0 Å². The molecule has 1 atom stereocenters. The fourth-order valence-corrected chi connectivity index (χ4v) is 1.75. The number of anilines is 1. The van der Waals surface area contributed by atoms with E-state index in [9.17, 15) is 0 Å². The molecule has 0 heterocycles. The van der Waals surface area contributed by atoms with Gasteiger partial charge in [0.1, 0.15) is 5.75 Å². The molecule has 1 aromatic rings. The lowest BCUT2D eigenvalue weighted by Gasteiger charge is -2.19. The molecule has 96 valence electrons. The third-order valence-electron chi connectivity index (χ3n) is 2.88. The first kappa shape index (κ1) is 13.8. The highest BCUT2D eigenvalue weighted by Crippen LogP contribution is 2.18. The highest BCUT2D eigenvalue weighted by molar-refractivity contribution is 5.48. The molecule has 0 saturated heterocycles. The average Bonchev–Trinajstić information content (AvgIpc) is 2.34. The molecule has 0 fully saturated rings. The van der Waals surface area contributed by atoms with E-state index in [0.717, 1.165) is 31.6 Å². The zero-order valence-corrected chi connectivity index (χ0v) is 11.0. The third kappa shape index (κ3) is 5.09. The van der Waals surface area contributed by atoms with E-state index in [2.05, 4.69) is 24.1 Å². The summed E-state index contributed by atoms with van der Waals surface area (Å²) in [6, 6.07) is 8.07. The van der Waals surface area contributed by atoms with Crippen LogP contribution in [0, 0.1) is 0 Å². The predicted molar refractivity (Wildman–Crippen MR) is 71.8 cm³/mol. The van der Waals surface area contributed by atoms with Crippen molar-refractivity contribution in [3.63, 3.8) is 0 Å². The highest BCUT2D eigenvalue weighted by Gasteiger charge is 2.01. The number of benzene rings is 1. The Kier molecular flexibility index (Phi) is 5.84. The Balaban J connectivity index is 2.33. The van der Waals surface area contributed by atoms with Crippen molar-refractivity contribution in [3.05, 3.63) is 24.3 Å². The Morgan fingerprint density at radius 2 is 1.88 bits per heavy atom. The Morgan fingerprint density at radius 3 is 2.41 bits per heavy atom. The number of hydrogen-bond donors (Lipinski definition) is 1. The van der Waals surface area contributed by atoms with E-state index < -0.39 is 0 Å². The van der Waals surface area contributed by atoms with Crippen LogP contribution in [0.15, 0.2) is 24.3 Å². The Bertz CT molecular complexity index is 309. The molecule has 3 heteroatoms. The van der Waals surface area contributed by atoms with Crippen molar-refractivity contribution in [1.82, 2.24) is 0 Å². The maximum atomic E-state index is 9.16. The number of ether oxygens (including phenoxy) is 1. The fraction of sp³-hybridized carbons (Fsp3) is 0.571. The molecular formula is C14H23NO2. The second-order valence-electron chi connectivity index (χ2n) is 4.46. The van der Waals surface area contributed by atoms with Crippen LogP contribution in [0.25, 0.3) is 0 Å². The monoisotopic (exact) mass is 237 g/mol. The molecule has 0 aliphatic carbocycles. The van der Waals surface area contributed by atoms with Crippen LogP contribution in [0.4, 0.5) is 5.69 Å². The second kappa shape index (κ2) is 7.17. The molecule has 3 nitrogen and oxygen atoms in total. The van der Waals surface area contributed by atoms with E-state index in [4.69, 9.17) is 9.84 Å². The summed E-state index contributed by atoms with van der Waals surface area (Å²) in [7, 11) is 3.76. The highest BCUT2D eigenvalue weighted by atomic mass is 16.5. The van der Waals surface area contributed by atoms with Crippen molar-refractivity contribution in [3.8, 4) is 5.75 Å². The van der Waals surface area contributed by atoms with Crippen LogP contribution in [-0.2, 0) is 0 Å². The SMILES string of the molecule is COc1ccc(N(C)CCCCC(C)O)cc1. The summed E-state index contributed by atoms with van der Waals surface area (Å²) in [5.74, 6) is 0.885. The summed E-state index contributed by atoms with van der Waals surface area (Å²) >= 11 is 0. The van der Waals surface area contributed by atoms with Crippen LogP contribution in [0.5, 0.6) is 5.75 Å². The quantitative estimate of drug-likeness (QED) is 0.740. The van der Waals surface area contributed by atoms with E-state index in [1.165, 1.54) is 5.69 Å². The molecule has 0 bridgehead atoms. The molecule has 0 aromatic heterocycles. The number of nitrogens with zero attached hydrogens (tertiary/aromatic N) is 1. The van der Waals surface area contributed by atoms with Gasteiger partial charge in [-0.1, -0.05) is 0 Å². The zero-order chi connectivity index (χ0) is 12.7. The average molecular weight is 237 g/mol. The lowest BCUT2D eigenvalue weighted by atomic mass is 10.1. The molecule has 1 N–H and O–H groups in total. The molecule has 1 unspecified atom stereocenters. The van der Waals surface area contributed by atoms with E-state index >= 15 is 0 Å². The van der Waals surface area contributed by atoms with E-state index in [1.54, 1.807) is 7.11 Å². The van der Waals surface area contributed by atoms with Gasteiger partial charge < -0.3 is 14.7 Å². The third-order valence-corrected chi connectivity index (χ3v) is 2.88. The number of unbranched alkanes of at least 4 members (excludes halogenated alkanes) is 1. The largest absolute Gasteiger partial charge is 0.497 e. The molecule has 0 saturated carbocycles. The number of hydrogen-bond acceptors (Lipinski definition) is 3. The smallest absolute Gasteiger partial charge is 0.119 e. The number of aliphatic hydroxyl groups is 1.